The molecule has 96 valence electrons. The molecule has 0 saturated carbocycles. The lowest BCUT2D eigenvalue weighted by molar-refractivity contribution is 0.187. The number of ether oxygens (including phenoxy) is 2. The molecule has 2 rings (SSSR count). The van der Waals surface area contributed by atoms with Gasteiger partial charge in [-0.05, 0) is 19.1 Å². The van der Waals surface area contributed by atoms with Crippen LogP contribution in [0.5, 0.6) is 5.75 Å². The number of para-hydroxylation sites is 1. The zero-order chi connectivity index (χ0) is 12.8. The van der Waals surface area contributed by atoms with Gasteiger partial charge in [0.2, 0.25) is 0 Å². The number of nitrogens with zero attached hydrogens (tertiary/aromatic N) is 3. The Morgan fingerprint density at radius 3 is 2.89 bits per heavy atom. The van der Waals surface area contributed by atoms with Crippen molar-refractivity contribution in [2.24, 2.45) is 0 Å². The Bertz CT molecular complexity index is 496. The highest BCUT2D eigenvalue weighted by atomic mass is 16.5. The summed E-state index contributed by atoms with van der Waals surface area (Å²) in [5.74, 6) is 1.63. The second-order valence-corrected chi connectivity index (χ2v) is 3.77. The quantitative estimate of drug-likeness (QED) is 0.783. The molecule has 1 aromatic heterocycles. The molecule has 0 unspecified atom stereocenters. The predicted molar refractivity (Wildman–Crippen MR) is 68.5 cm³/mol. The topological polar surface area (TPSA) is 49.2 Å². The second kappa shape index (κ2) is 6.16. The maximum Gasteiger partial charge on any atom is 0.167 e. The molecule has 0 aliphatic heterocycles. The van der Waals surface area contributed by atoms with Crippen LogP contribution in [-0.4, -0.2) is 35.1 Å². The molecule has 0 saturated heterocycles. The van der Waals surface area contributed by atoms with E-state index in [1.165, 1.54) is 0 Å². The van der Waals surface area contributed by atoms with E-state index in [2.05, 4.69) is 10.2 Å². The van der Waals surface area contributed by atoms with Gasteiger partial charge in [-0.3, -0.25) is 0 Å². The van der Waals surface area contributed by atoms with Crippen molar-refractivity contribution >= 4 is 0 Å². The molecular formula is C13H17N3O2. The maximum absolute atomic E-state index is 5.61. The molecule has 18 heavy (non-hydrogen) atoms. The fourth-order valence-corrected chi connectivity index (χ4v) is 1.75. The molecule has 1 heterocycles. The van der Waals surface area contributed by atoms with E-state index >= 15 is 0 Å². The van der Waals surface area contributed by atoms with Gasteiger partial charge in [-0.15, -0.1) is 10.2 Å². The first-order valence-corrected chi connectivity index (χ1v) is 5.95. The SMILES string of the molecule is CCOc1ccccc1-c1nncn1CCOC. The van der Waals surface area contributed by atoms with Crippen molar-refractivity contribution in [3.63, 3.8) is 0 Å². The fraction of sp³-hybridized carbons (Fsp3) is 0.385. The highest BCUT2D eigenvalue weighted by molar-refractivity contribution is 5.64. The summed E-state index contributed by atoms with van der Waals surface area (Å²) in [5, 5.41) is 8.11. The van der Waals surface area contributed by atoms with Crippen LogP contribution in [0.25, 0.3) is 11.4 Å². The van der Waals surface area contributed by atoms with Crippen molar-refractivity contribution in [3.8, 4) is 17.1 Å². The Hall–Kier alpha value is -1.88. The van der Waals surface area contributed by atoms with E-state index in [1.54, 1.807) is 13.4 Å². The van der Waals surface area contributed by atoms with Gasteiger partial charge in [0, 0.05) is 13.7 Å². The number of hydrogen-bond acceptors (Lipinski definition) is 4. The summed E-state index contributed by atoms with van der Waals surface area (Å²) >= 11 is 0. The fourth-order valence-electron chi connectivity index (χ4n) is 1.75. The smallest absolute Gasteiger partial charge is 0.167 e. The molecule has 0 bridgehead atoms. The average molecular weight is 247 g/mol. The van der Waals surface area contributed by atoms with Crippen LogP contribution in [0.4, 0.5) is 0 Å². The summed E-state index contributed by atoms with van der Waals surface area (Å²) in [6, 6.07) is 7.84. The highest BCUT2D eigenvalue weighted by Gasteiger charge is 2.11. The largest absolute Gasteiger partial charge is 0.493 e. The molecular weight excluding hydrogens is 230 g/mol. The minimum atomic E-state index is 0.627. The lowest BCUT2D eigenvalue weighted by Gasteiger charge is -2.10. The minimum Gasteiger partial charge on any atom is -0.493 e. The molecule has 5 nitrogen and oxygen atoms in total. The zero-order valence-electron chi connectivity index (χ0n) is 10.7. The lowest BCUT2D eigenvalue weighted by Crippen LogP contribution is -2.05. The Morgan fingerprint density at radius 2 is 2.11 bits per heavy atom. The molecule has 0 fully saturated rings. The van der Waals surface area contributed by atoms with Crippen molar-refractivity contribution < 1.29 is 9.47 Å². The van der Waals surface area contributed by atoms with Gasteiger partial charge in [0.25, 0.3) is 0 Å². The molecule has 0 N–H and O–H groups in total. The molecule has 1 aromatic carbocycles. The van der Waals surface area contributed by atoms with Crippen LogP contribution in [-0.2, 0) is 11.3 Å². The third-order valence-electron chi connectivity index (χ3n) is 2.58. The zero-order valence-corrected chi connectivity index (χ0v) is 10.7. The number of hydrogen-bond donors (Lipinski definition) is 0. The molecule has 0 radical (unpaired) electrons. The first-order chi connectivity index (χ1) is 8.86. The molecule has 0 atom stereocenters. The van der Waals surface area contributed by atoms with E-state index in [1.807, 2.05) is 35.8 Å². The van der Waals surface area contributed by atoms with Gasteiger partial charge < -0.3 is 14.0 Å². The Labute approximate surface area is 106 Å². The minimum absolute atomic E-state index is 0.627. The molecule has 0 amide bonds. The third-order valence-corrected chi connectivity index (χ3v) is 2.58. The predicted octanol–water partition coefficient (Wildman–Crippen LogP) is 1.99. The molecule has 0 aliphatic carbocycles. The van der Waals surface area contributed by atoms with Crippen LogP contribution < -0.4 is 4.74 Å². The maximum atomic E-state index is 5.61. The van der Waals surface area contributed by atoms with Gasteiger partial charge in [-0.25, -0.2) is 0 Å². The van der Waals surface area contributed by atoms with Gasteiger partial charge in [0.15, 0.2) is 5.82 Å². The van der Waals surface area contributed by atoms with Crippen LogP contribution in [0.2, 0.25) is 0 Å². The van der Waals surface area contributed by atoms with Crippen molar-refractivity contribution in [1.82, 2.24) is 14.8 Å². The molecule has 2 aromatic rings. The van der Waals surface area contributed by atoms with E-state index in [-0.39, 0.29) is 0 Å². The molecule has 0 spiro atoms. The first kappa shape index (κ1) is 12.6. The summed E-state index contributed by atoms with van der Waals surface area (Å²) < 4.78 is 12.6. The van der Waals surface area contributed by atoms with Crippen molar-refractivity contribution in [2.75, 3.05) is 20.3 Å². The van der Waals surface area contributed by atoms with E-state index in [0.717, 1.165) is 23.7 Å². The Kier molecular flexibility index (Phi) is 4.30. The lowest BCUT2D eigenvalue weighted by atomic mass is 10.2. The summed E-state index contributed by atoms with van der Waals surface area (Å²) in [7, 11) is 1.68. The molecule has 5 heteroatoms. The number of methoxy groups -OCH3 is 1. The van der Waals surface area contributed by atoms with E-state index in [0.29, 0.717) is 13.2 Å². The van der Waals surface area contributed by atoms with Gasteiger partial charge in [0.05, 0.1) is 18.8 Å². The number of rotatable bonds is 6. The van der Waals surface area contributed by atoms with Crippen LogP contribution >= 0.6 is 0 Å². The van der Waals surface area contributed by atoms with E-state index in [4.69, 9.17) is 9.47 Å². The van der Waals surface area contributed by atoms with Gasteiger partial charge in [-0.2, -0.15) is 0 Å². The summed E-state index contributed by atoms with van der Waals surface area (Å²) in [6.45, 7) is 3.94. The van der Waals surface area contributed by atoms with Crippen LogP contribution in [0.15, 0.2) is 30.6 Å². The van der Waals surface area contributed by atoms with Crippen LogP contribution in [0, 0.1) is 0 Å². The van der Waals surface area contributed by atoms with Gasteiger partial charge in [0.1, 0.15) is 12.1 Å². The summed E-state index contributed by atoms with van der Waals surface area (Å²) in [5.41, 5.74) is 0.952. The van der Waals surface area contributed by atoms with Crippen molar-refractivity contribution in [2.45, 2.75) is 13.5 Å². The molecule has 0 aliphatic rings. The van der Waals surface area contributed by atoms with Crippen molar-refractivity contribution in [1.29, 1.82) is 0 Å². The Morgan fingerprint density at radius 1 is 1.28 bits per heavy atom. The highest BCUT2D eigenvalue weighted by Crippen LogP contribution is 2.27. The third kappa shape index (κ3) is 2.68. The average Bonchev–Trinajstić information content (AvgIpc) is 2.85. The number of benzene rings is 1. The van der Waals surface area contributed by atoms with Crippen LogP contribution in [0.1, 0.15) is 6.92 Å². The van der Waals surface area contributed by atoms with E-state index < -0.39 is 0 Å². The van der Waals surface area contributed by atoms with Crippen molar-refractivity contribution in [3.05, 3.63) is 30.6 Å². The van der Waals surface area contributed by atoms with Crippen LogP contribution in [0.3, 0.4) is 0 Å². The normalized spacial score (nSPS) is 10.6. The van der Waals surface area contributed by atoms with Gasteiger partial charge in [-0.1, -0.05) is 12.1 Å². The summed E-state index contributed by atoms with van der Waals surface area (Å²) in [4.78, 5) is 0. The first-order valence-electron chi connectivity index (χ1n) is 5.95. The number of aromatic nitrogens is 3. The second-order valence-electron chi connectivity index (χ2n) is 3.77. The van der Waals surface area contributed by atoms with E-state index in [9.17, 15) is 0 Å². The monoisotopic (exact) mass is 247 g/mol. The van der Waals surface area contributed by atoms with Gasteiger partial charge >= 0.3 is 0 Å². The Balaban J connectivity index is 2.33. The standard InChI is InChI=1S/C13H17N3O2/c1-3-18-12-7-5-4-6-11(12)13-15-14-10-16(13)8-9-17-2/h4-7,10H,3,8-9H2,1-2H3. The summed E-state index contributed by atoms with van der Waals surface area (Å²) in [6.07, 6.45) is 1.71.